The van der Waals surface area contributed by atoms with E-state index in [1.807, 2.05) is 30.3 Å². The molecule has 0 spiro atoms. The molecule has 1 aromatic carbocycles. The van der Waals surface area contributed by atoms with Crippen molar-refractivity contribution in [2.24, 2.45) is 0 Å². The van der Waals surface area contributed by atoms with Crippen LogP contribution in [0, 0.1) is 0 Å². The van der Waals surface area contributed by atoms with Gasteiger partial charge in [-0.3, -0.25) is 4.90 Å². The van der Waals surface area contributed by atoms with E-state index in [1.165, 1.54) is 5.56 Å². The largest absolute Gasteiger partial charge is 0.295 e. The zero-order valence-electron chi connectivity index (χ0n) is 11.0. The molecular formula is C15H16Cl2N2. The average Bonchev–Trinajstić information content (AvgIpc) is 2.38. The molecule has 2 aromatic rings. The van der Waals surface area contributed by atoms with E-state index in [4.69, 9.17) is 23.2 Å². The average molecular weight is 295 g/mol. The predicted molar refractivity (Wildman–Crippen MR) is 80.6 cm³/mol. The summed E-state index contributed by atoms with van der Waals surface area (Å²) in [6.45, 7) is 2.98. The van der Waals surface area contributed by atoms with Gasteiger partial charge in [0.25, 0.3) is 0 Å². The fourth-order valence-corrected chi connectivity index (χ4v) is 2.38. The summed E-state index contributed by atoms with van der Waals surface area (Å²) in [5.74, 6) is 0. The Kier molecular flexibility index (Phi) is 4.81. The lowest BCUT2D eigenvalue weighted by atomic mass is 10.1. The first kappa shape index (κ1) is 14.3. The van der Waals surface area contributed by atoms with Crippen molar-refractivity contribution in [3.63, 3.8) is 0 Å². The van der Waals surface area contributed by atoms with E-state index in [0.29, 0.717) is 5.15 Å². The van der Waals surface area contributed by atoms with E-state index in [-0.39, 0.29) is 6.04 Å². The SMILES string of the molecule is CC(c1cccc(Cl)c1)N(C)Cc1ccnc(Cl)c1. The van der Waals surface area contributed by atoms with Gasteiger partial charge in [0.15, 0.2) is 0 Å². The van der Waals surface area contributed by atoms with Gasteiger partial charge in [0, 0.05) is 23.8 Å². The molecule has 0 fully saturated rings. The van der Waals surface area contributed by atoms with Crippen molar-refractivity contribution in [1.82, 2.24) is 9.88 Å². The Morgan fingerprint density at radius 3 is 2.68 bits per heavy atom. The third-order valence-corrected chi connectivity index (χ3v) is 3.66. The molecule has 0 bridgehead atoms. The fourth-order valence-electron chi connectivity index (χ4n) is 1.99. The summed E-state index contributed by atoms with van der Waals surface area (Å²) < 4.78 is 0. The fraction of sp³-hybridized carbons (Fsp3) is 0.267. The van der Waals surface area contributed by atoms with Crippen LogP contribution in [0.2, 0.25) is 10.2 Å². The van der Waals surface area contributed by atoms with Gasteiger partial charge >= 0.3 is 0 Å². The van der Waals surface area contributed by atoms with Crippen LogP contribution in [-0.4, -0.2) is 16.9 Å². The van der Waals surface area contributed by atoms with E-state index < -0.39 is 0 Å². The van der Waals surface area contributed by atoms with Gasteiger partial charge in [0.05, 0.1) is 0 Å². The van der Waals surface area contributed by atoms with Crippen molar-refractivity contribution in [2.75, 3.05) is 7.05 Å². The quantitative estimate of drug-likeness (QED) is 0.767. The van der Waals surface area contributed by atoms with Gasteiger partial charge in [-0.25, -0.2) is 4.98 Å². The standard InChI is InChI=1S/C15H16Cl2N2/c1-11(13-4-3-5-14(16)9-13)19(2)10-12-6-7-18-15(17)8-12/h3-9,11H,10H2,1-2H3. The highest BCUT2D eigenvalue weighted by molar-refractivity contribution is 6.30. The van der Waals surface area contributed by atoms with Gasteiger partial charge in [-0.1, -0.05) is 35.3 Å². The van der Waals surface area contributed by atoms with Gasteiger partial charge in [0.1, 0.15) is 5.15 Å². The van der Waals surface area contributed by atoms with Gasteiger partial charge in [-0.15, -0.1) is 0 Å². The number of halogens is 2. The van der Waals surface area contributed by atoms with Gasteiger partial charge in [0.2, 0.25) is 0 Å². The monoisotopic (exact) mass is 294 g/mol. The first-order valence-electron chi connectivity index (χ1n) is 6.12. The number of pyridine rings is 1. The predicted octanol–water partition coefficient (Wildman–Crippen LogP) is 4.58. The maximum atomic E-state index is 6.03. The van der Waals surface area contributed by atoms with Crippen molar-refractivity contribution in [3.8, 4) is 0 Å². The normalized spacial score (nSPS) is 12.7. The minimum absolute atomic E-state index is 0.283. The minimum Gasteiger partial charge on any atom is -0.295 e. The maximum absolute atomic E-state index is 6.03. The van der Waals surface area contributed by atoms with Crippen LogP contribution in [-0.2, 0) is 6.54 Å². The third-order valence-electron chi connectivity index (χ3n) is 3.22. The topological polar surface area (TPSA) is 16.1 Å². The molecule has 4 heteroatoms. The second kappa shape index (κ2) is 6.38. The summed E-state index contributed by atoms with van der Waals surface area (Å²) >= 11 is 11.9. The Bertz CT molecular complexity index is 557. The van der Waals surface area contributed by atoms with Gasteiger partial charge in [-0.05, 0) is 49.4 Å². The highest BCUT2D eigenvalue weighted by atomic mass is 35.5. The number of rotatable bonds is 4. The van der Waals surface area contributed by atoms with Crippen molar-refractivity contribution >= 4 is 23.2 Å². The molecule has 1 unspecified atom stereocenters. The Hall–Kier alpha value is -1.09. The van der Waals surface area contributed by atoms with Crippen molar-refractivity contribution < 1.29 is 0 Å². The van der Waals surface area contributed by atoms with E-state index in [0.717, 1.165) is 17.1 Å². The first-order chi connectivity index (χ1) is 9.06. The van der Waals surface area contributed by atoms with E-state index in [2.05, 4.69) is 29.9 Å². The Balaban J connectivity index is 2.09. The molecule has 0 amide bonds. The first-order valence-corrected chi connectivity index (χ1v) is 6.88. The van der Waals surface area contributed by atoms with Crippen LogP contribution in [0.15, 0.2) is 42.6 Å². The molecule has 0 saturated carbocycles. The molecule has 19 heavy (non-hydrogen) atoms. The molecule has 1 atom stereocenters. The highest BCUT2D eigenvalue weighted by Crippen LogP contribution is 2.23. The summed E-state index contributed by atoms with van der Waals surface area (Å²) in [5, 5.41) is 1.30. The van der Waals surface area contributed by atoms with Crippen LogP contribution in [0.5, 0.6) is 0 Å². The summed E-state index contributed by atoms with van der Waals surface area (Å²) in [5.41, 5.74) is 2.35. The van der Waals surface area contributed by atoms with Crippen LogP contribution in [0.4, 0.5) is 0 Å². The summed E-state index contributed by atoms with van der Waals surface area (Å²) in [6, 6.07) is 12.1. The van der Waals surface area contributed by atoms with Crippen molar-refractivity contribution in [2.45, 2.75) is 19.5 Å². The second-order valence-electron chi connectivity index (χ2n) is 4.63. The molecule has 2 rings (SSSR count). The van der Waals surface area contributed by atoms with Crippen molar-refractivity contribution in [1.29, 1.82) is 0 Å². The van der Waals surface area contributed by atoms with Crippen LogP contribution in [0.25, 0.3) is 0 Å². The Morgan fingerprint density at radius 2 is 2.00 bits per heavy atom. The molecule has 0 radical (unpaired) electrons. The lowest BCUT2D eigenvalue weighted by Gasteiger charge is -2.25. The van der Waals surface area contributed by atoms with Crippen LogP contribution in [0.3, 0.4) is 0 Å². The summed E-state index contributed by atoms with van der Waals surface area (Å²) in [6.07, 6.45) is 1.73. The third kappa shape index (κ3) is 3.93. The van der Waals surface area contributed by atoms with Crippen LogP contribution in [0.1, 0.15) is 24.1 Å². The molecule has 1 heterocycles. The molecular weight excluding hydrogens is 279 g/mol. The molecule has 2 nitrogen and oxygen atoms in total. The molecule has 0 N–H and O–H groups in total. The summed E-state index contributed by atoms with van der Waals surface area (Å²) in [7, 11) is 2.08. The molecule has 100 valence electrons. The number of hydrogen-bond acceptors (Lipinski definition) is 2. The summed E-state index contributed by atoms with van der Waals surface area (Å²) in [4.78, 5) is 6.24. The lowest BCUT2D eigenvalue weighted by Crippen LogP contribution is -2.21. The molecule has 0 saturated heterocycles. The zero-order chi connectivity index (χ0) is 13.8. The molecule has 1 aromatic heterocycles. The minimum atomic E-state index is 0.283. The van der Waals surface area contributed by atoms with Gasteiger partial charge in [-0.2, -0.15) is 0 Å². The second-order valence-corrected chi connectivity index (χ2v) is 5.46. The highest BCUT2D eigenvalue weighted by Gasteiger charge is 2.12. The Labute approximate surface area is 124 Å². The zero-order valence-corrected chi connectivity index (χ0v) is 12.5. The van der Waals surface area contributed by atoms with E-state index >= 15 is 0 Å². The maximum Gasteiger partial charge on any atom is 0.129 e. The number of nitrogens with zero attached hydrogens (tertiary/aromatic N) is 2. The molecule has 0 aliphatic rings. The van der Waals surface area contributed by atoms with Crippen LogP contribution < -0.4 is 0 Å². The lowest BCUT2D eigenvalue weighted by molar-refractivity contribution is 0.253. The molecule has 0 aliphatic heterocycles. The number of hydrogen-bond donors (Lipinski definition) is 0. The smallest absolute Gasteiger partial charge is 0.129 e. The Morgan fingerprint density at radius 1 is 1.21 bits per heavy atom. The van der Waals surface area contributed by atoms with Crippen molar-refractivity contribution in [3.05, 3.63) is 63.9 Å². The van der Waals surface area contributed by atoms with Gasteiger partial charge < -0.3 is 0 Å². The molecule has 0 aliphatic carbocycles. The van der Waals surface area contributed by atoms with E-state index in [1.54, 1.807) is 6.20 Å². The number of aromatic nitrogens is 1. The number of benzene rings is 1. The van der Waals surface area contributed by atoms with E-state index in [9.17, 15) is 0 Å². The van der Waals surface area contributed by atoms with Crippen LogP contribution >= 0.6 is 23.2 Å².